The van der Waals surface area contributed by atoms with Gasteiger partial charge < -0.3 is 20.1 Å². The number of halogens is 2. The predicted octanol–water partition coefficient (Wildman–Crippen LogP) is 2.66. The number of piperidine rings is 1. The summed E-state index contributed by atoms with van der Waals surface area (Å²) in [6, 6.07) is 7.03. The van der Waals surface area contributed by atoms with Crippen LogP contribution in [0.3, 0.4) is 0 Å². The van der Waals surface area contributed by atoms with Gasteiger partial charge in [0.1, 0.15) is 0 Å². The number of nitrogens with one attached hydrogen (secondary N) is 3. The minimum absolute atomic E-state index is 0. The van der Waals surface area contributed by atoms with Gasteiger partial charge >= 0.3 is 6.03 Å². The zero-order valence-electron chi connectivity index (χ0n) is 18.7. The molecule has 0 bridgehead atoms. The Morgan fingerprint density at radius 2 is 1.88 bits per heavy atom. The number of aromatic nitrogens is 2. The molecule has 13 heteroatoms. The number of sulfonamides is 1. The number of likely N-dealkylation sites (tertiary alicyclic amines) is 1. The smallest absolute Gasteiger partial charge is 0.319 e. The van der Waals surface area contributed by atoms with Gasteiger partial charge in [0.25, 0.3) is 5.89 Å². The van der Waals surface area contributed by atoms with Crippen LogP contribution in [0.2, 0.25) is 0 Å². The summed E-state index contributed by atoms with van der Waals surface area (Å²) >= 11 is 0. The van der Waals surface area contributed by atoms with Crippen LogP contribution in [-0.4, -0.2) is 68.5 Å². The number of hydrogen-bond donors (Lipinski definition) is 3. The molecule has 1 aliphatic rings. The van der Waals surface area contributed by atoms with Crippen molar-refractivity contribution in [1.29, 1.82) is 0 Å². The zero-order chi connectivity index (χ0) is 22.3. The minimum atomic E-state index is -3.13. The summed E-state index contributed by atoms with van der Waals surface area (Å²) in [4.78, 5) is 18.8. The van der Waals surface area contributed by atoms with Crippen molar-refractivity contribution < 1.29 is 17.7 Å². The molecular formula is C20H32Cl2N6O4S. The molecule has 0 unspecified atom stereocenters. The van der Waals surface area contributed by atoms with Crippen molar-refractivity contribution in [3.8, 4) is 11.5 Å². The van der Waals surface area contributed by atoms with Gasteiger partial charge in [-0.25, -0.2) is 17.9 Å². The van der Waals surface area contributed by atoms with Gasteiger partial charge in [-0.05, 0) is 57.3 Å². The molecule has 0 atom stereocenters. The van der Waals surface area contributed by atoms with Crippen LogP contribution in [0.15, 0.2) is 28.8 Å². The standard InChI is InChI=1S/C20H30N6O4S.2ClH/c1-15-23-19(30-25-15)17-5-3-4-6-18(17)24-20(27)21-10-7-16-8-12-26(13-9-16)14-11-22-31(2,28)29;;/h3-6,16,22H,7-14H2,1-2H3,(H2,21,24,27);2*1H. The highest BCUT2D eigenvalue weighted by Gasteiger charge is 2.19. The molecule has 1 aromatic carbocycles. The van der Waals surface area contributed by atoms with Crippen LogP contribution in [-0.2, 0) is 10.0 Å². The molecule has 33 heavy (non-hydrogen) atoms. The molecule has 0 radical (unpaired) electrons. The highest BCUT2D eigenvalue weighted by molar-refractivity contribution is 7.88. The van der Waals surface area contributed by atoms with Gasteiger partial charge in [-0.15, -0.1) is 24.8 Å². The molecule has 1 saturated heterocycles. The number of benzene rings is 1. The summed E-state index contributed by atoms with van der Waals surface area (Å²) in [5.41, 5.74) is 1.29. The predicted molar refractivity (Wildman–Crippen MR) is 133 cm³/mol. The lowest BCUT2D eigenvalue weighted by molar-refractivity contribution is 0.181. The van der Waals surface area contributed by atoms with E-state index in [9.17, 15) is 13.2 Å². The highest BCUT2D eigenvalue weighted by atomic mass is 35.5. The second-order valence-corrected chi connectivity index (χ2v) is 9.65. The van der Waals surface area contributed by atoms with E-state index in [-0.39, 0.29) is 30.8 Å². The fourth-order valence-electron chi connectivity index (χ4n) is 3.63. The molecule has 3 rings (SSSR count). The number of hydrogen-bond acceptors (Lipinski definition) is 7. The average molecular weight is 523 g/mol. The van der Waals surface area contributed by atoms with Crippen molar-refractivity contribution >= 4 is 46.6 Å². The molecule has 2 amide bonds. The van der Waals surface area contributed by atoms with Crippen LogP contribution in [0.25, 0.3) is 11.5 Å². The maximum absolute atomic E-state index is 12.3. The highest BCUT2D eigenvalue weighted by Crippen LogP contribution is 2.26. The molecule has 1 aromatic heterocycles. The number of nitrogens with zero attached hydrogens (tertiary/aromatic N) is 3. The minimum Gasteiger partial charge on any atom is -0.338 e. The van der Waals surface area contributed by atoms with Crippen LogP contribution < -0.4 is 15.4 Å². The third kappa shape index (κ3) is 9.85. The van der Waals surface area contributed by atoms with Crippen molar-refractivity contribution in [2.75, 3.05) is 44.3 Å². The number of urea groups is 1. The number of carbonyl (C=O) groups excluding carboxylic acids is 1. The van der Waals surface area contributed by atoms with Crippen molar-refractivity contribution in [1.82, 2.24) is 25.1 Å². The van der Waals surface area contributed by atoms with Gasteiger partial charge in [0.05, 0.1) is 17.5 Å². The Labute approximate surface area is 207 Å². The van der Waals surface area contributed by atoms with Crippen molar-refractivity contribution in [3.05, 3.63) is 30.1 Å². The number of para-hydroxylation sites is 1. The topological polar surface area (TPSA) is 129 Å². The summed E-state index contributed by atoms with van der Waals surface area (Å²) in [6.45, 7) is 5.38. The third-order valence-corrected chi connectivity index (χ3v) is 6.00. The Morgan fingerprint density at radius 1 is 1.18 bits per heavy atom. The van der Waals surface area contributed by atoms with Crippen LogP contribution in [0, 0.1) is 12.8 Å². The number of rotatable bonds is 9. The molecule has 1 aliphatic heterocycles. The molecule has 186 valence electrons. The van der Waals surface area contributed by atoms with E-state index in [0.29, 0.717) is 42.0 Å². The maximum Gasteiger partial charge on any atom is 0.319 e. The SMILES string of the molecule is Cc1noc(-c2ccccc2NC(=O)NCCC2CCN(CCNS(C)(=O)=O)CC2)n1.Cl.Cl. The molecule has 10 nitrogen and oxygen atoms in total. The Hall–Kier alpha value is -1.92. The summed E-state index contributed by atoms with van der Waals surface area (Å²) in [7, 11) is -3.13. The zero-order valence-corrected chi connectivity index (χ0v) is 21.2. The maximum atomic E-state index is 12.3. The monoisotopic (exact) mass is 522 g/mol. The van der Waals surface area contributed by atoms with Crippen molar-refractivity contribution in [3.63, 3.8) is 0 Å². The van der Waals surface area contributed by atoms with E-state index in [1.54, 1.807) is 13.0 Å². The first-order valence-corrected chi connectivity index (χ1v) is 12.3. The number of amides is 2. The first-order valence-electron chi connectivity index (χ1n) is 10.4. The number of aryl methyl sites for hydroxylation is 1. The Balaban J connectivity index is 0.00000272. The number of carbonyl (C=O) groups is 1. The number of anilines is 1. The molecule has 3 N–H and O–H groups in total. The summed E-state index contributed by atoms with van der Waals surface area (Å²) in [5.74, 6) is 1.45. The van der Waals surface area contributed by atoms with E-state index in [0.717, 1.165) is 38.9 Å². The quantitative estimate of drug-likeness (QED) is 0.461. The molecule has 1 fully saturated rings. The van der Waals surface area contributed by atoms with Gasteiger partial charge in [0, 0.05) is 19.6 Å². The van der Waals surface area contributed by atoms with E-state index in [1.807, 2.05) is 18.2 Å². The molecule has 0 spiro atoms. The van der Waals surface area contributed by atoms with Crippen molar-refractivity contribution in [2.45, 2.75) is 26.2 Å². The lowest BCUT2D eigenvalue weighted by atomic mass is 9.93. The van der Waals surface area contributed by atoms with E-state index in [2.05, 4.69) is 30.4 Å². The Bertz CT molecular complexity index is 980. The Morgan fingerprint density at radius 3 is 2.52 bits per heavy atom. The normalized spacial score (nSPS) is 14.7. The average Bonchev–Trinajstić information content (AvgIpc) is 3.15. The van der Waals surface area contributed by atoms with E-state index in [1.165, 1.54) is 6.26 Å². The van der Waals surface area contributed by atoms with Gasteiger partial charge in [-0.2, -0.15) is 4.98 Å². The summed E-state index contributed by atoms with van der Waals surface area (Å²) < 4.78 is 30.0. The third-order valence-electron chi connectivity index (χ3n) is 5.27. The fraction of sp³-hybridized carbons (Fsp3) is 0.550. The van der Waals surface area contributed by atoms with Gasteiger partial charge in [-0.3, -0.25) is 0 Å². The molecule has 2 aromatic rings. The largest absolute Gasteiger partial charge is 0.338 e. The van der Waals surface area contributed by atoms with Crippen LogP contribution in [0.5, 0.6) is 0 Å². The van der Waals surface area contributed by atoms with E-state index >= 15 is 0 Å². The molecule has 0 saturated carbocycles. The van der Waals surface area contributed by atoms with Crippen LogP contribution in [0.4, 0.5) is 10.5 Å². The van der Waals surface area contributed by atoms with E-state index < -0.39 is 10.0 Å². The lowest BCUT2D eigenvalue weighted by Gasteiger charge is -2.31. The van der Waals surface area contributed by atoms with Crippen molar-refractivity contribution in [2.24, 2.45) is 5.92 Å². The fourth-order valence-corrected chi connectivity index (χ4v) is 4.09. The molecule has 2 heterocycles. The summed E-state index contributed by atoms with van der Waals surface area (Å²) in [6.07, 6.45) is 4.17. The molecular weight excluding hydrogens is 491 g/mol. The van der Waals surface area contributed by atoms with E-state index in [4.69, 9.17) is 4.52 Å². The van der Waals surface area contributed by atoms with Crippen LogP contribution in [0.1, 0.15) is 25.1 Å². The van der Waals surface area contributed by atoms with Gasteiger partial charge in [0.2, 0.25) is 10.0 Å². The second kappa shape index (κ2) is 13.7. The first kappa shape index (κ1) is 29.1. The Kier molecular flexibility index (Phi) is 12.1. The van der Waals surface area contributed by atoms with Gasteiger partial charge in [-0.1, -0.05) is 17.3 Å². The second-order valence-electron chi connectivity index (χ2n) is 7.81. The molecule has 0 aliphatic carbocycles. The van der Waals surface area contributed by atoms with Gasteiger partial charge in [0.15, 0.2) is 5.82 Å². The van der Waals surface area contributed by atoms with Crippen LogP contribution >= 0.6 is 24.8 Å². The lowest BCUT2D eigenvalue weighted by Crippen LogP contribution is -2.40. The first-order chi connectivity index (χ1) is 14.8. The summed E-state index contributed by atoms with van der Waals surface area (Å²) in [5, 5.41) is 9.57.